The fourth-order valence-electron chi connectivity index (χ4n) is 4.88. The van der Waals surface area contributed by atoms with Crippen LogP contribution in [0, 0.1) is 11.3 Å². The maximum absolute atomic E-state index is 13.3. The number of nitrogens with zero attached hydrogens (tertiary/aromatic N) is 1. The van der Waals surface area contributed by atoms with Gasteiger partial charge in [-0.25, -0.2) is 0 Å². The molecule has 1 aliphatic carbocycles. The summed E-state index contributed by atoms with van der Waals surface area (Å²) in [6.45, 7) is 12.2. The summed E-state index contributed by atoms with van der Waals surface area (Å²) in [4.78, 5) is 15.2. The van der Waals surface area contributed by atoms with E-state index in [0.717, 1.165) is 19.4 Å². The Hall–Kier alpha value is -0.650. The van der Waals surface area contributed by atoms with Gasteiger partial charge in [0.15, 0.2) is 0 Å². The highest BCUT2D eigenvalue weighted by Gasteiger charge is 2.71. The molecule has 3 rings (SSSR count). The van der Waals surface area contributed by atoms with E-state index in [1.165, 1.54) is 0 Å². The first-order valence-electron chi connectivity index (χ1n) is 8.47. The van der Waals surface area contributed by atoms with Gasteiger partial charge in [0.1, 0.15) is 5.54 Å². The molecule has 22 heavy (non-hydrogen) atoms. The quantitative estimate of drug-likeness (QED) is 0.798. The molecule has 1 saturated carbocycles. The van der Waals surface area contributed by atoms with E-state index in [1.807, 2.05) is 25.7 Å². The van der Waals surface area contributed by atoms with E-state index < -0.39 is 5.54 Å². The van der Waals surface area contributed by atoms with Gasteiger partial charge < -0.3 is 20.1 Å². The van der Waals surface area contributed by atoms with E-state index in [4.69, 9.17) is 15.2 Å². The van der Waals surface area contributed by atoms with Crippen LogP contribution in [0.5, 0.6) is 0 Å². The van der Waals surface area contributed by atoms with Crippen LogP contribution in [0.25, 0.3) is 0 Å². The van der Waals surface area contributed by atoms with Gasteiger partial charge in [0.2, 0.25) is 5.91 Å². The Morgan fingerprint density at radius 3 is 2.59 bits per heavy atom. The Labute approximate surface area is 133 Å². The lowest BCUT2D eigenvalue weighted by atomic mass is 9.46. The van der Waals surface area contributed by atoms with Crippen LogP contribution in [0.15, 0.2) is 0 Å². The molecule has 4 atom stereocenters. The molecule has 2 aliphatic heterocycles. The van der Waals surface area contributed by atoms with E-state index >= 15 is 0 Å². The Kier molecular flexibility index (Phi) is 3.63. The van der Waals surface area contributed by atoms with Crippen molar-refractivity contribution in [3.05, 3.63) is 0 Å². The molecule has 2 heterocycles. The summed E-state index contributed by atoms with van der Waals surface area (Å²) in [5, 5.41) is 0. The van der Waals surface area contributed by atoms with Crippen LogP contribution in [-0.2, 0) is 14.3 Å². The zero-order valence-corrected chi connectivity index (χ0v) is 14.5. The van der Waals surface area contributed by atoms with Gasteiger partial charge in [0.05, 0.1) is 17.8 Å². The molecule has 2 N–H and O–H groups in total. The van der Waals surface area contributed by atoms with Crippen molar-refractivity contribution in [2.75, 3.05) is 19.7 Å². The van der Waals surface area contributed by atoms with Crippen LogP contribution in [0.1, 0.15) is 47.5 Å². The van der Waals surface area contributed by atoms with Crippen LogP contribution in [0.2, 0.25) is 0 Å². The van der Waals surface area contributed by atoms with Crippen LogP contribution in [-0.4, -0.2) is 53.9 Å². The number of carbonyl (C=O) groups excluding carboxylic acids is 1. The smallest absolute Gasteiger partial charge is 0.243 e. The number of morpholine rings is 1. The van der Waals surface area contributed by atoms with Crippen molar-refractivity contribution >= 4 is 5.91 Å². The molecule has 126 valence electrons. The van der Waals surface area contributed by atoms with Gasteiger partial charge in [-0.3, -0.25) is 4.79 Å². The zero-order chi connectivity index (χ0) is 16.3. The maximum Gasteiger partial charge on any atom is 0.243 e. The van der Waals surface area contributed by atoms with Crippen LogP contribution in [0.4, 0.5) is 0 Å². The third-order valence-electron chi connectivity index (χ3n) is 5.90. The zero-order valence-electron chi connectivity index (χ0n) is 14.5. The average molecular weight is 310 g/mol. The fraction of sp³-hybridized carbons (Fsp3) is 0.941. The second-order valence-electron chi connectivity index (χ2n) is 8.50. The van der Waals surface area contributed by atoms with E-state index in [1.54, 1.807) is 0 Å². The molecule has 1 amide bonds. The lowest BCUT2D eigenvalue weighted by molar-refractivity contribution is -0.235. The first-order valence-corrected chi connectivity index (χ1v) is 8.47. The topological polar surface area (TPSA) is 64.8 Å². The van der Waals surface area contributed by atoms with Gasteiger partial charge in [-0.15, -0.1) is 0 Å². The predicted molar refractivity (Wildman–Crippen MR) is 84.4 cm³/mol. The van der Waals surface area contributed by atoms with Crippen LogP contribution < -0.4 is 5.73 Å². The van der Waals surface area contributed by atoms with E-state index in [-0.39, 0.29) is 35.0 Å². The third-order valence-corrected chi connectivity index (χ3v) is 5.90. The molecule has 0 spiro atoms. The van der Waals surface area contributed by atoms with Crippen LogP contribution >= 0.6 is 0 Å². The minimum atomic E-state index is -0.814. The minimum absolute atomic E-state index is 0.0397. The predicted octanol–water partition coefficient (Wildman–Crippen LogP) is 1.54. The third kappa shape index (κ3) is 2.13. The molecular weight excluding hydrogens is 280 g/mol. The Morgan fingerprint density at radius 1 is 1.27 bits per heavy atom. The monoisotopic (exact) mass is 310 g/mol. The second kappa shape index (κ2) is 4.92. The summed E-state index contributed by atoms with van der Waals surface area (Å²) in [6, 6.07) is 0. The average Bonchev–Trinajstić information content (AvgIpc) is 2.43. The molecule has 3 aliphatic rings. The molecule has 4 unspecified atom stereocenters. The first kappa shape index (κ1) is 16.2. The lowest BCUT2D eigenvalue weighted by Crippen LogP contribution is -2.83. The van der Waals surface area contributed by atoms with Gasteiger partial charge in [0.25, 0.3) is 0 Å². The van der Waals surface area contributed by atoms with E-state index in [0.29, 0.717) is 13.1 Å². The normalized spacial score (nSPS) is 43.2. The summed E-state index contributed by atoms with van der Waals surface area (Å²) in [7, 11) is 0. The summed E-state index contributed by atoms with van der Waals surface area (Å²) >= 11 is 0. The number of fused-ring (bicyclic) bond motifs is 1. The highest BCUT2D eigenvalue weighted by molar-refractivity contribution is 5.89. The Bertz CT molecular complexity index is 477. The molecule has 2 saturated heterocycles. The molecule has 5 heteroatoms. The van der Waals surface area contributed by atoms with Gasteiger partial charge in [-0.05, 0) is 33.6 Å². The molecule has 0 radical (unpaired) electrons. The number of amides is 1. The van der Waals surface area contributed by atoms with Crippen LogP contribution in [0.3, 0.4) is 0 Å². The Balaban J connectivity index is 1.84. The molecule has 5 nitrogen and oxygen atoms in total. The summed E-state index contributed by atoms with van der Waals surface area (Å²) in [5.41, 5.74) is 5.28. The highest BCUT2D eigenvalue weighted by atomic mass is 16.5. The number of ether oxygens (including phenoxy) is 2. The largest absolute Gasteiger partial charge is 0.377 e. The second-order valence-corrected chi connectivity index (χ2v) is 8.50. The standard InChI is InChI=1S/C17H30N2O3/c1-11-9-19(10-15(2,3)22-11)14(20)17(18)12-7-6-8-21-13(12)16(17,4)5/h11-13H,6-10,18H2,1-5H3. The SMILES string of the molecule is CC1CN(C(=O)C2(N)C3CCCOC3C2(C)C)CC(C)(C)O1. The number of carbonyl (C=O) groups is 1. The molecule has 0 aromatic heterocycles. The molecule has 3 fully saturated rings. The molecular formula is C17H30N2O3. The highest BCUT2D eigenvalue weighted by Crippen LogP contribution is 2.58. The fourth-order valence-corrected chi connectivity index (χ4v) is 4.88. The number of hydrogen-bond donors (Lipinski definition) is 1. The molecule has 0 aromatic carbocycles. The number of nitrogens with two attached hydrogens (primary N) is 1. The minimum Gasteiger partial charge on any atom is -0.377 e. The van der Waals surface area contributed by atoms with Crippen molar-refractivity contribution in [3.8, 4) is 0 Å². The molecule has 0 bridgehead atoms. The van der Waals surface area contributed by atoms with Gasteiger partial charge in [-0.1, -0.05) is 13.8 Å². The summed E-state index contributed by atoms with van der Waals surface area (Å²) in [5.74, 6) is 0.220. The van der Waals surface area contributed by atoms with Crippen molar-refractivity contribution < 1.29 is 14.3 Å². The van der Waals surface area contributed by atoms with Gasteiger partial charge >= 0.3 is 0 Å². The number of hydrogen-bond acceptors (Lipinski definition) is 4. The van der Waals surface area contributed by atoms with Crippen molar-refractivity contribution in [3.63, 3.8) is 0 Å². The van der Waals surface area contributed by atoms with Crippen molar-refractivity contribution in [1.29, 1.82) is 0 Å². The summed E-state index contributed by atoms with van der Waals surface area (Å²) in [6.07, 6.45) is 2.13. The lowest BCUT2D eigenvalue weighted by Gasteiger charge is -2.66. The van der Waals surface area contributed by atoms with Crippen molar-refractivity contribution in [2.24, 2.45) is 17.1 Å². The molecule has 0 aromatic rings. The summed E-state index contributed by atoms with van der Waals surface area (Å²) < 4.78 is 11.8. The first-order chi connectivity index (χ1) is 10.1. The maximum atomic E-state index is 13.3. The van der Waals surface area contributed by atoms with E-state index in [2.05, 4.69) is 13.8 Å². The van der Waals surface area contributed by atoms with Gasteiger partial charge in [0, 0.05) is 31.0 Å². The van der Waals surface area contributed by atoms with Crippen molar-refractivity contribution in [1.82, 2.24) is 4.90 Å². The van der Waals surface area contributed by atoms with E-state index in [9.17, 15) is 4.79 Å². The van der Waals surface area contributed by atoms with Crippen molar-refractivity contribution in [2.45, 2.75) is 70.8 Å². The Morgan fingerprint density at radius 2 is 1.95 bits per heavy atom. The number of rotatable bonds is 1. The van der Waals surface area contributed by atoms with Gasteiger partial charge in [-0.2, -0.15) is 0 Å².